The topological polar surface area (TPSA) is 55.8 Å². The van der Waals surface area contributed by atoms with Gasteiger partial charge in [0.2, 0.25) is 0 Å². The number of hydrogen-bond acceptors (Lipinski definition) is 4. The van der Waals surface area contributed by atoms with Crippen molar-refractivity contribution in [2.75, 3.05) is 0 Å². The van der Waals surface area contributed by atoms with Gasteiger partial charge in [0, 0.05) is 5.56 Å². The monoisotopic (exact) mass is 300 g/mol. The van der Waals surface area contributed by atoms with Crippen molar-refractivity contribution in [1.29, 1.82) is 0 Å². The van der Waals surface area contributed by atoms with Gasteiger partial charge in [-0.05, 0) is 38.5 Å². The summed E-state index contributed by atoms with van der Waals surface area (Å²) in [5.74, 6) is 0.179. The zero-order chi connectivity index (χ0) is 16.2. The predicted molar refractivity (Wildman–Crippen MR) is 83.6 cm³/mol. The number of benzene rings is 2. The molecule has 4 heteroatoms. The van der Waals surface area contributed by atoms with E-state index in [1.807, 2.05) is 26.8 Å². The lowest BCUT2D eigenvalue weighted by Crippen LogP contribution is -2.21. The van der Waals surface area contributed by atoms with Crippen LogP contribution in [0, 0.1) is 0 Å². The fourth-order valence-corrected chi connectivity index (χ4v) is 1.79. The highest BCUT2D eigenvalue weighted by Crippen LogP contribution is 2.22. The van der Waals surface area contributed by atoms with Crippen molar-refractivity contribution in [1.82, 2.24) is 0 Å². The van der Waals surface area contributed by atoms with Gasteiger partial charge in [0.25, 0.3) is 0 Å². The van der Waals surface area contributed by atoms with Crippen LogP contribution in [0.15, 0.2) is 54.6 Å². The average molecular weight is 300 g/mol. The van der Waals surface area contributed by atoms with E-state index in [-0.39, 0.29) is 5.78 Å². The summed E-state index contributed by atoms with van der Waals surface area (Å²) in [7, 11) is 0. The number of carbonyl (C=O) groups excluding carboxylic acids is 1. The Morgan fingerprint density at radius 2 is 1.59 bits per heavy atom. The van der Waals surface area contributed by atoms with Gasteiger partial charge in [-0.2, -0.15) is 4.89 Å². The third kappa shape index (κ3) is 4.41. The molecule has 0 amide bonds. The van der Waals surface area contributed by atoms with Crippen molar-refractivity contribution in [3.05, 3.63) is 65.7 Å². The molecule has 2 rings (SSSR count). The quantitative estimate of drug-likeness (QED) is 0.519. The highest BCUT2D eigenvalue weighted by Gasteiger charge is 2.19. The van der Waals surface area contributed by atoms with Crippen LogP contribution in [0.4, 0.5) is 0 Å². The first-order valence-electron chi connectivity index (χ1n) is 7.10. The van der Waals surface area contributed by atoms with Crippen LogP contribution in [0.2, 0.25) is 0 Å². The van der Waals surface area contributed by atoms with E-state index in [1.54, 1.807) is 48.5 Å². The van der Waals surface area contributed by atoms with Gasteiger partial charge in [-0.15, -0.1) is 0 Å². The van der Waals surface area contributed by atoms with Crippen LogP contribution in [0.1, 0.15) is 42.8 Å². The minimum absolute atomic E-state index is 0.333. The molecule has 0 saturated heterocycles. The summed E-state index contributed by atoms with van der Waals surface area (Å²) in [6.07, 6.45) is -1.19. The molecule has 0 aliphatic heterocycles. The second-order valence-corrected chi connectivity index (χ2v) is 5.98. The van der Waals surface area contributed by atoms with Crippen LogP contribution in [0.25, 0.3) is 0 Å². The second-order valence-electron chi connectivity index (χ2n) is 5.98. The van der Waals surface area contributed by atoms with Gasteiger partial charge >= 0.3 is 0 Å². The summed E-state index contributed by atoms with van der Waals surface area (Å²) in [6.45, 7) is 5.64. The molecule has 0 aliphatic carbocycles. The smallest absolute Gasteiger partial charge is 0.195 e. The van der Waals surface area contributed by atoms with Gasteiger partial charge in [-0.25, -0.2) is 0 Å². The summed E-state index contributed by atoms with van der Waals surface area (Å²) >= 11 is 0. The summed E-state index contributed by atoms with van der Waals surface area (Å²) in [5.41, 5.74) is 0.574. The Balaban J connectivity index is 2.05. The number of Topliss-reactive ketones (excluding diaryl/α,β-unsaturated/α-hetero) is 1. The Bertz CT molecular complexity index is 612. The Morgan fingerprint density at radius 1 is 1.00 bits per heavy atom. The Labute approximate surface area is 130 Å². The molecular formula is C18H20O4. The molecule has 2 aromatic carbocycles. The molecule has 0 radical (unpaired) electrons. The first-order chi connectivity index (χ1) is 10.4. The Hall–Kier alpha value is -2.17. The van der Waals surface area contributed by atoms with E-state index in [9.17, 15) is 9.90 Å². The predicted octanol–water partition coefficient (Wildman–Crippen LogP) is 3.71. The van der Waals surface area contributed by atoms with Crippen molar-refractivity contribution in [3.8, 4) is 5.75 Å². The molecule has 1 atom stereocenters. The SMILES string of the molecule is CC(C)(C)OOc1ccc(C(O)C(=O)c2ccccc2)cc1. The molecule has 0 saturated carbocycles. The molecule has 22 heavy (non-hydrogen) atoms. The number of hydrogen-bond donors (Lipinski definition) is 1. The van der Waals surface area contributed by atoms with Gasteiger partial charge in [0.05, 0.1) is 0 Å². The van der Waals surface area contributed by atoms with Crippen LogP contribution in [-0.2, 0) is 4.89 Å². The maximum Gasteiger partial charge on any atom is 0.195 e. The van der Waals surface area contributed by atoms with E-state index in [2.05, 4.69) is 0 Å². The molecule has 0 fully saturated rings. The van der Waals surface area contributed by atoms with E-state index in [4.69, 9.17) is 9.78 Å². The van der Waals surface area contributed by atoms with Crippen molar-refractivity contribution >= 4 is 5.78 Å². The average Bonchev–Trinajstić information content (AvgIpc) is 2.52. The van der Waals surface area contributed by atoms with Crippen molar-refractivity contribution < 1.29 is 19.7 Å². The van der Waals surface area contributed by atoms with Crippen LogP contribution in [-0.4, -0.2) is 16.5 Å². The lowest BCUT2D eigenvalue weighted by atomic mass is 10.00. The molecule has 0 aromatic heterocycles. The summed E-state index contributed by atoms with van der Waals surface area (Å²) < 4.78 is 0. The molecule has 116 valence electrons. The number of aliphatic hydroxyl groups is 1. The second kappa shape index (κ2) is 6.73. The highest BCUT2D eigenvalue weighted by molar-refractivity contribution is 5.99. The standard InChI is InChI=1S/C18H20O4/c1-18(2,3)22-21-15-11-9-14(10-12-15)17(20)16(19)13-7-5-4-6-8-13/h4-12,17,20H,1-3H3. The number of carbonyl (C=O) groups is 1. The first kappa shape index (κ1) is 16.2. The van der Waals surface area contributed by atoms with Gasteiger partial charge in [-0.1, -0.05) is 42.5 Å². The molecule has 4 nitrogen and oxygen atoms in total. The van der Waals surface area contributed by atoms with Gasteiger partial charge in [0.15, 0.2) is 11.5 Å². The number of ketones is 1. The largest absolute Gasteiger partial charge is 0.380 e. The summed E-state index contributed by atoms with van der Waals surface area (Å²) in [4.78, 5) is 22.6. The zero-order valence-corrected chi connectivity index (χ0v) is 12.9. The number of aliphatic hydroxyl groups excluding tert-OH is 1. The van der Waals surface area contributed by atoms with Crippen molar-refractivity contribution in [2.45, 2.75) is 32.5 Å². The minimum Gasteiger partial charge on any atom is -0.380 e. The van der Waals surface area contributed by atoms with E-state index in [1.165, 1.54) is 0 Å². The fourth-order valence-electron chi connectivity index (χ4n) is 1.79. The van der Waals surface area contributed by atoms with Crippen LogP contribution in [0.3, 0.4) is 0 Å². The highest BCUT2D eigenvalue weighted by atomic mass is 17.2. The lowest BCUT2D eigenvalue weighted by Gasteiger charge is -2.18. The molecular weight excluding hydrogens is 280 g/mol. The van der Waals surface area contributed by atoms with Gasteiger partial charge in [-0.3, -0.25) is 4.79 Å². The number of rotatable bonds is 5. The van der Waals surface area contributed by atoms with Crippen molar-refractivity contribution in [2.24, 2.45) is 0 Å². The normalized spacial score (nSPS) is 12.7. The third-order valence-corrected chi connectivity index (χ3v) is 2.89. The Morgan fingerprint density at radius 3 is 2.14 bits per heavy atom. The third-order valence-electron chi connectivity index (χ3n) is 2.89. The van der Waals surface area contributed by atoms with Gasteiger partial charge < -0.3 is 9.99 Å². The lowest BCUT2D eigenvalue weighted by molar-refractivity contribution is -0.274. The van der Waals surface area contributed by atoms with E-state index < -0.39 is 11.7 Å². The zero-order valence-electron chi connectivity index (χ0n) is 12.9. The molecule has 0 heterocycles. The summed E-state index contributed by atoms with van der Waals surface area (Å²) in [5, 5.41) is 10.2. The molecule has 0 spiro atoms. The van der Waals surface area contributed by atoms with Crippen LogP contribution >= 0.6 is 0 Å². The summed E-state index contributed by atoms with van der Waals surface area (Å²) in [6, 6.07) is 15.3. The molecule has 1 unspecified atom stereocenters. The van der Waals surface area contributed by atoms with Gasteiger partial charge in [0.1, 0.15) is 11.7 Å². The molecule has 2 aromatic rings. The Kier molecular flexibility index (Phi) is 4.96. The fraction of sp³-hybridized carbons (Fsp3) is 0.278. The van der Waals surface area contributed by atoms with Crippen LogP contribution < -0.4 is 4.89 Å². The van der Waals surface area contributed by atoms with Crippen LogP contribution in [0.5, 0.6) is 5.75 Å². The van der Waals surface area contributed by atoms with E-state index >= 15 is 0 Å². The van der Waals surface area contributed by atoms with E-state index in [0.717, 1.165) is 0 Å². The molecule has 0 bridgehead atoms. The van der Waals surface area contributed by atoms with E-state index in [0.29, 0.717) is 16.9 Å². The molecule has 1 N–H and O–H groups in total. The van der Waals surface area contributed by atoms with Crippen molar-refractivity contribution in [3.63, 3.8) is 0 Å². The maximum atomic E-state index is 12.2. The molecule has 0 aliphatic rings. The first-order valence-corrected chi connectivity index (χ1v) is 7.10. The minimum atomic E-state index is -1.19. The maximum absolute atomic E-state index is 12.2.